The van der Waals surface area contributed by atoms with Crippen LogP contribution in [0.3, 0.4) is 0 Å². The van der Waals surface area contributed by atoms with E-state index in [2.05, 4.69) is 34.3 Å². The van der Waals surface area contributed by atoms with Crippen LogP contribution < -0.4 is 10.9 Å². The molecule has 200 valence electrons. The second kappa shape index (κ2) is 10.3. The zero-order chi connectivity index (χ0) is 27.6. The number of anilines is 1. The lowest BCUT2D eigenvalue weighted by Gasteiger charge is -2.41. The predicted octanol–water partition coefficient (Wildman–Crippen LogP) is 3.34. The minimum Gasteiger partial charge on any atom is -0.507 e. The SMILES string of the molecule is CN1CC(Nc2nnc(-c3ccc(C(F)(F)F)cc3O)n(C)c2=O)CC(C)(C)C1.O=C(O)C(F)(F)F. The Balaban J connectivity index is 0.000000572. The summed E-state index contributed by atoms with van der Waals surface area (Å²) in [5, 5.41) is 28.2. The van der Waals surface area contributed by atoms with Gasteiger partial charge in [-0.2, -0.15) is 26.3 Å². The van der Waals surface area contributed by atoms with Crippen LogP contribution in [-0.2, 0) is 18.0 Å². The Morgan fingerprint density at radius 2 is 1.72 bits per heavy atom. The van der Waals surface area contributed by atoms with Crippen molar-refractivity contribution in [1.29, 1.82) is 0 Å². The van der Waals surface area contributed by atoms with E-state index in [0.29, 0.717) is 6.07 Å². The number of halogens is 6. The van der Waals surface area contributed by atoms with Crippen molar-refractivity contribution in [2.24, 2.45) is 12.5 Å². The van der Waals surface area contributed by atoms with Gasteiger partial charge in [0.2, 0.25) is 5.82 Å². The minimum absolute atomic E-state index is 0.00446. The van der Waals surface area contributed by atoms with Gasteiger partial charge in [-0.1, -0.05) is 13.8 Å². The average Bonchev–Trinajstić information content (AvgIpc) is 2.69. The molecule has 15 heteroatoms. The van der Waals surface area contributed by atoms with E-state index in [1.807, 2.05) is 7.05 Å². The molecule has 0 saturated carbocycles. The van der Waals surface area contributed by atoms with Crippen molar-refractivity contribution in [3.63, 3.8) is 0 Å². The van der Waals surface area contributed by atoms with Gasteiger partial charge in [-0.3, -0.25) is 9.36 Å². The molecular weight excluding hydrogens is 500 g/mol. The van der Waals surface area contributed by atoms with E-state index in [1.54, 1.807) is 0 Å². The Hall–Kier alpha value is -3.36. The molecule has 36 heavy (non-hydrogen) atoms. The first-order chi connectivity index (χ1) is 16.3. The highest BCUT2D eigenvalue weighted by Crippen LogP contribution is 2.35. The Morgan fingerprint density at radius 1 is 1.14 bits per heavy atom. The Kier molecular flexibility index (Phi) is 8.28. The molecule has 1 aromatic carbocycles. The maximum absolute atomic E-state index is 12.8. The molecule has 1 aliphatic heterocycles. The number of likely N-dealkylation sites (N-methyl/N-ethyl adjacent to an activating group) is 1. The quantitative estimate of drug-likeness (QED) is 0.522. The highest BCUT2D eigenvalue weighted by molar-refractivity contribution is 5.73. The molecule has 1 unspecified atom stereocenters. The van der Waals surface area contributed by atoms with E-state index in [0.717, 1.165) is 36.2 Å². The van der Waals surface area contributed by atoms with Crippen molar-refractivity contribution in [1.82, 2.24) is 19.7 Å². The van der Waals surface area contributed by atoms with Gasteiger partial charge >= 0.3 is 18.3 Å². The highest BCUT2D eigenvalue weighted by Gasteiger charge is 2.38. The van der Waals surface area contributed by atoms with Crippen LogP contribution >= 0.6 is 0 Å². The predicted molar refractivity (Wildman–Crippen MR) is 116 cm³/mol. The lowest BCUT2D eigenvalue weighted by Crippen LogP contribution is -2.48. The fraction of sp³-hybridized carbons (Fsp3) is 0.524. The summed E-state index contributed by atoms with van der Waals surface area (Å²) in [5.74, 6) is -3.33. The zero-order valence-electron chi connectivity index (χ0n) is 19.7. The smallest absolute Gasteiger partial charge is 0.490 e. The van der Waals surface area contributed by atoms with Gasteiger partial charge in [-0.25, -0.2) is 4.79 Å². The first-order valence-electron chi connectivity index (χ1n) is 10.4. The van der Waals surface area contributed by atoms with E-state index in [4.69, 9.17) is 9.90 Å². The molecule has 0 spiro atoms. The molecule has 1 aliphatic rings. The third-order valence-corrected chi connectivity index (χ3v) is 5.25. The molecule has 9 nitrogen and oxygen atoms in total. The minimum atomic E-state index is -5.08. The second-order valence-electron chi connectivity index (χ2n) is 9.18. The number of likely N-dealkylation sites (tertiary alicyclic amines) is 1. The van der Waals surface area contributed by atoms with Crippen LogP contribution in [0.15, 0.2) is 23.0 Å². The molecule has 1 saturated heterocycles. The number of piperidine rings is 1. The first-order valence-corrected chi connectivity index (χ1v) is 10.4. The molecule has 0 aliphatic carbocycles. The van der Waals surface area contributed by atoms with Crippen molar-refractivity contribution >= 4 is 11.8 Å². The summed E-state index contributed by atoms with van der Waals surface area (Å²) < 4.78 is 71.3. The molecule has 1 fully saturated rings. The highest BCUT2D eigenvalue weighted by atomic mass is 19.4. The van der Waals surface area contributed by atoms with Gasteiger partial charge in [0.25, 0.3) is 5.56 Å². The van der Waals surface area contributed by atoms with Crippen LogP contribution in [-0.4, -0.2) is 68.2 Å². The van der Waals surface area contributed by atoms with Gasteiger partial charge in [0.1, 0.15) is 5.75 Å². The largest absolute Gasteiger partial charge is 0.507 e. The molecule has 1 aromatic heterocycles. The summed E-state index contributed by atoms with van der Waals surface area (Å²) in [4.78, 5) is 23.8. The summed E-state index contributed by atoms with van der Waals surface area (Å²) >= 11 is 0. The molecule has 3 rings (SSSR count). The van der Waals surface area contributed by atoms with E-state index < -0.39 is 35.2 Å². The number of carbonyl (C=O) groups is 1. The van der Waals surface area contributed by atoms with Crippen molar-refractivity contribution in [3.05, 3.63) is 34.1 Å². The lowest BCUT2D eigenvalue weighted by molar-refractivity contribution is -0.192. The van der Waals surface area contributed by atoms with Crippen LogP contribution in [0, 0.1) is 5.41 Å². The van der Waals surface area contributed by atoms with Gasteiger partial charge in [0.15, 0.2) is 5.82 Å². The van der Waals surface area contributed by atoms with Gasteiger partial charge in [-0.15, -0.1) is 10.2 Å². The summed E-state index contributed by atoms with van der Waals surface area (Å²) in [6, 6.07) is 2.52. The van der Waals surface area contributed by atoms with Crippen molar-refractivity contribution < 1.29 is 41.4 Å². The Morgan fingerprint density at radius 3 is 2.19 bits per heavy atom. The molecule has 2 heterocycles. The number of hydrogen-bond acceptors (Lipinski definition) is 7. The number of phenols is 1. The number of nitrogens with one attached hydrogen (secondary N) is 1. The third-order valence-electron chi connectivity index (χ3n) is 5.25. The van der Waals surface area contributed by atoms with E-state index in [-0.39, 0.29) is 28.7 Å². The number of rotatable bonds is 3. The molecule has 3 N–H and O–H groups in total. The van der Waals surface area contributed by atoms with Crippen molar-refractivity contribution in [3.8, 4) is 17.1 Å². The van der Waals surface area contributed by atoms with Crippen molar-refractivity contribution in [2.45, 2.75) is 38.7 Å². The van der Waals surface area contributed by atoms with Crippen LogP contribution in [0.5, 0.6) is 5.75 Å². The number of aromatic nitrogens is 3. The topological polar surface area (TPSA) is 121 Å². The maximum Gasteiger partial charge on any atom is 0.490 e. The number of nitrogens with zero attached hydrogens (tertiary/aromatic N) is 4. The Bertz CT molecular complexity index is 1160. The number of carboxylic acids is 1. The molecule has 0 amide bonds. The van der Waals surface area contributed by atoms with Gasteiger partial charge in [0, 0.05) is 26.2 Å². The summed E-state index contributed by atoms with van der Waals surface area (Å²) in [5.41, 5.74) is -1.38. The Labute approximate surface area is 201 Å². The number of benzene rings is 1. The number of alkyl halides is 6. The summed E-state index contributed by atoms with van der Waals surface area (Å²) in [6.07, 6.45) is -8.81. The van der Waals surface area contributed by atoms with E-state index >= 15 is 0 Å². The average molecular weight is 525 g/mol. The van der Waals surface area contributed by atoms with Crippen molar-refractivity contribution in [2.75, 3.05) is 25.5 Å². The standard InChI is InChI=1S/C19H24F3N5O2.C2HF3O2/c1-18(2)8-12(9-26(3)10-18)23-15-17(29)27(4)16(25-24-15)13-6-5-11(7-14(13)28)19(20,21)22;3-2(4,5)1(6)7/h5-7,12,28H,8-10H2,1-4H3,(H,23,24);(H,6,7). The number of aromatic hydroxyl groups is 1. The molecular formula is C21H25F6N5O4. The third kappa shape index (κ3) is 7.32. The monoisotopic (exact) mass is 525 g/mol. The van der Waals surface area contributed by atoms with Crippen LogP contribution in [0.2, 0.25) is 0 Å². The maximum atomic E-state index is 12.8. The van der Waals surface area contributed by atoms with Gasteiger partial charge in [-0.05, 0) is 37.1 Å². The van der Waals surface area contributed by atoms with Crippen LogP contribution in [0.4, 0.5) is 32.2 Å². The first kappa shape index (κ1) is 28.9. The lowest BCUT2D eigenvalue weighted by atomic mass is 9.82. The number of carboxylic acid groups (broad SMARTS) is 1. The molecule has 0 radical (unpaired) electrons. The molecule has 1 atom stereocenters. The second-order valence-corrected chi connectivity index (χ2v) is 9.18. The molecule has 0 bridgehead atoms. The number of phenolic OH excluding ortho intramolecular Hbond substituents is 1. The van der Waals surface area contributed by atoms with Gasteiger partial charge in [0.05, 0.1) is 11.1 Å². The van der Waals surface area contributed by atoms with E-state index in [1.165, 1.54) is 7.05 Å². The van der Waals surface area contributed by atoms with Crippen LogP contribution in [0.25, 0.3) is 11.4 Å². The fourth-order valence-electron chi connectivity index (χ4n) is 3.94. The number of aliphatic carboxylic acids is 1. The van der Waals surface area contributed by atoms with Crippen LogP contribution in [0.1, 0.15) is 25.8 Å². The summed E-state index contributed by atoms with van der Waals surface area (Å²) in [6.45, 7) is 5.99. The fourth-order valence-corrected chi connectivity index (χ4v) is 3.94. The van der Waals surface area contributed by atoms with E-state index in [9.17, 15) is 36.2 Å². The number of hydrogen-bond donors (Lipinski definition) is 3. The normalized spacial score (nSPS) is 18.2. The molecule has 2 aromatic rings. The van der Waals surface area contributed by atoms with Gasteiger partial charge < -0.3 is 20.4 Å². The summed E-state index contributed by atoms with van der Waals surface area (Å²) in [7, 11) is 3.45. The zero-order valence-corrected chi connectivity index (χ0v) is 19.7.